The molecule has 1 rings (SSSR count). The van der Waals surface area contributed by atoms with Gasteiger partial charge in [0, 0.05) is 12.2 Å². The minimum atomic E-state index is -0.475. The van der Waals surface area contributed by atoms with Crippen LogP contribution in [-0.2, 0) is 9.53 Å². The van der Waals surface area contributed by atoms with Crippen LogP contribution in [0.2, 0.25) is 5.02 Å². The second-order valence-electron chi connectivity index (χ2n) is 3.63. The van der Waals surface area contributed by atoms with E-state index in [-0.39, 0.29) is 6.61 Å². The topological polar surface area (TPSA) is 90.4 Å². The molecule has 0 aliphatic carbocycles. The van der Waals surface area contributed by atoms with Crippen LogP contribution in [0.4, 0.5) is 11.4 Å². The SMILES string of the molecule is Cc1cc(N)c(Cl)cc1NCCOCC(N)=O. The van der Waals surface area contributed by atoms with E-state index in [1.165, 1.54) is 0 Å². The number of carbonyl (C=O) groups excluding carboxylic acids is 1. The molecule has 5 N–H and O–H groups in total. The number of halogens is 1. The summed E-state index contributed by atoms with van der Waals surface area (Å²) in [4.78, 5) is 10.4. The number of hydrogen-bond donors (Lipinski definition) is 3. The third-order valence-corrected chi connectivity index (χ3v) is 2.48. The summed E-state index contributed by atoms with van der Waals surface area (Å²) >= 11 is 5.91. The predicted molar refractivity (Wildman–Crippen MR) is 69.1 cm³/mol. The molecule has 0 aromatic heterocycles. The van der Waals surface area contributed by atoms with Crippen molar-refractivity contribution in [3.8, 4) is 0 Å². The summed E-state index contributed by atoms with van der Waals surface area (Å²) in [6.07, 6.45) is 0. The number of amides is 1. The third-order valence-electron chi connectivity index (χ3n) is 2.15. The average molecular weight is 258 g/mol. The number of hydrogen-bond acceptors (Lipinski definition) is 4. The van der Waals surface area contributed by atoms with E-state index in [1.807, 2.05) is 6.92 Å². The van der Waals surface area contributed by atoms with Gasteiger partial charge in [-0.05, 0) is 24.6 Å². The molecule has 1 aromatic carbocycles. The van der Waals surface area contributed by atoms with Gasteiger partial charge in [0.15, 0.2) is 0 Å². The molecule has 94 valence electrons. The van der Waals surface area contributed by atoms with E-state index in [2.05, 4.69) is 5.32 Å². The predicted octanol–water partition coefficient (Wildman–Crippen LogP) is 1.14. The Morgan fingerprint density at radius 3 is 2.88 bits per heavy atom. The standard InChI is InChI=1S/C11H16ClN3O2/c1-7-4-9(13)8(12)5-10(7)15-2-3-17-6-11(14)16/h4-5,15H,2-3,6,13H2,1H3,(H2,14,16). The molecule has 1 aromatic rings. The maximum atomic E-state index is 10.4. The van der Waals surface area contributed by atoms with E-state index in [4.69, 9.17) is 27.8 Å². The van der Waals surface area contributed by atoms with E-state index >= 15 is 0 Å². The van der Waals surface area contributed by atoms with Crippen molar-refractivity contribution in [2.45, 2.75) is 6.92 Å². The second-order valence-corrected chi connectivity index (χ2v) is 4.04. The molecule has 0 heterocycles. The number of rotatable bonds is 6. The van der Waals surface area contributed by atoms with Gasteiger partial charge in [-0.25, -0.2) is 0 Å². The van der Waals surface area contributed by atoms with Gasteiger partial charge in [0.1, 0.15) is 6.61 Å². The van der Waals surface area contributed by atoms with Crippen LogP contribution in [0.5, 0.6) is 0 Å². The second kappa shape index (κ2) is 6.32. The van der Waals surface area contributed by atoms with Gasteiger partial charge in [0.2, 0.25) is 5.91 Å². The maximum Gasteiger partial charge on any atom is 0.243 e. The fourth-order valence-corrected chi connectivity index (χ4v) is 1.49. The number of carbonyl (C=O) groups is 1. The molecular formula is C11H16ClN3O2. The molecule has 1 amide bonds. The summed E-state index contributed by atoms with van der Waals surface area (Å²) in [7, 11) is 0. The molecule has 0 fully saturated rings. The van der Waals surface area contributed by atoms with Crippen molar-refractivity contribution in [2.75, 3.05) is 30.8 Å². The van der Waals surface area contributed by atoms with Crippen LogP contribution >= 0.6 is 11.6 Å². The average Bonchev–Trinajstić information content (AvgIpc) is 2.24. The van der Waals surface area contributed by atoms with Crippen LogP contribution in [0, 0.1) is 6.92 Å². The van der Waals surface area contributed by atoms with Crippen LogP contribution in [-0.4, -0.2) is 25.7 Å². The summed E-state index contributed by atoms with van der Waals surface area (Å²) in [5.74, 6) is -0.475. The van der Waals surface area contributed by atoms with Crippen molar-refractivity contribution in [3.63, 3.8) is 0 Å². The van der Waals surface area contributed by atoms with Crippen molar-refractivity contribution >= 4 is 28.9 Å². The van der Waals surface area contributed by atoms with Gasteiger partial charge in [0.25, 0.3) is 0 Å². The minimum absolute atomic E-state index is 0.0663. The molecule has 5 nitrogen and oxygen atoms in total. The van der Waals surface area contributed by atoms with Crippen LogP contribution in [0.3, 0.4) is 0 Å². The first-order chi connectivity index (χ1) is 8.00. The Kier molecular flexibility index (Phi) is 5.06. The van der Waals surface area contributed by atoms with Gasteiger partial charge in [-0.15, -0.1) is 0 Å². The smallest absolute Gasteiger partial charge is 0.243 e. The molecule has 0 aliphatic rings. The van der Waals surface area contributed by atoms with Crippen LogP contribution in [0.15, 0.2) is 12.1 Å². The van der Waals surface area contributed by atoms with E-state index in [1.54, 1.807) is 12.1 Å². The number of ether oxygens (including phenoxy) is 1. The fourth-order valence-electron chi connectivity index (χ4n) is 1.32. The summed E-state index contributed by atoms with van der Waals surface area (Å²) in [6, 6.07) is 3.56. The normalized spacial score (nSPS) is 10.2. The molecule has 6 heteroatoms. The van der Waals surface area contributed by atoms with Crippen LogP contribution in [0.25, 0.3) is 0 Å². The Morgan fingerprint density at radius 2 is 2.24 bits per heavy atom. The number of nitrogens with one attached hydrogen (secondary N) is 1. The molecule has 0 aliphatic heterocycles. The largest absolute Gasteiger partial charge is 0.398 e. The van der Waals surface area contributed by atoms with Gasteiger partial charge in [0.05, 0.1) is 17.3 Å². The number of primary amides is 1. The first-order valence-corrected chi connectivity index (χ1v) is 5.54. The molecule has 0 radical (unpaired) electrons. The van der Waals surface area contributed by atoms with Crippen LogP contribution < -0.4 is 16.8 Å². The Hall–Kier alpha value is -1.46. The van der Waals surface area contributed by atoms with Crippen molar-refractivity contribution in [1.82, 2.24) is 0 Å². The van der Waals surface area contributed by atoms with Crippen molar-refractivity contribution in [2.24, 2.45) is 5.73 Å². The zero-order chi connectivity index (χ0) is 12.8. The van der Waals surface area contributed by atoms with Gasteiger partial charge < -0.3 is 21.5 Å². The molecular weight excluding hydrogens is 242 g/mol. The monoisotopic (exact) mass is 257 g/mol. The highest BCUT2D eigenvalue weighted by Gasteiger charge is 2.03. The Labute approximate surface area is 105 Å². The lowest BCUT2D eigenvalue weighted by Gasteiger charge is -2.11. The van der Waals surface area contributed by atoms with Gasteiger partial charge in [-0.1, -0.05) is 11.6 Å². The van der Waals surface area contributed by atoms with E-state index in [9.17, 15) is 4.79 Å². The summed E-state index contributed by atoms with van der Waals surface area (Å²) in [5, 5.41) is 3.65. The maximum absolute atomic E-state index is 10.4. The zero-order valence-corrected chi connectivity index (χ0v) is 10.4. The Bertz CT molecular complexity index is 410. The number of nitrogens with two attached hydrogens (primary N) is 2. The van der Waals surface area contributed by atoms with E-state index in [0.717, 1.165) is 11.3 Å². The summed E-state index contributed by atoms with van der Waals surface area (Å²) < 4.78 is 5.02. The molecule has 0 saturated heterocycles. The number of benzene rings is 1. The summed E-state index contributed by atoms with van der Waals surface area (Å²) in [6.45, 7) is 2.82. The van der Waals surface area contributed by atoms with Crippen molar-refractivity contribution in [3.05, 3.63) is 22.7 Å². The number of anilines is 2. The molecule has 0 atom stereocenters. The van der Waals surface area contributed by atoms with Gasteiger partial charge in [-0.3, -0.25) is 4.79 Å². The molecule has 0 unspecified atom stereocenters. The number of nitrogen functional groups attached to an aromatic ring is 1. The zero-order valence-electron chi connectivity index (χ0n) is 9.63. The highest BCUT2D eigenvalue weighted by Crippen LogP contribution is 2.26. The Morgan fingerprint density at radius 1 is 1.53 bits per heavy atom. The fraction of sp³-hybridized carbons (Fsp3) is 0.364. The number of aryl methyl sites for hydroxylation is 1. The molecule has 0 spiro atoms. The lowest BCUT2D eigenvalue weighted by Crippen LogP contribution is -2.20. The lowest BCUT2D eigenvalue weighted by atomic mass is 10.2. The van der Waals surface area contributed by atoms with E-state index < -0.39 is 5.91 Å². The van der Waals surface area contributed by atoms with Crippen molar-refractivity contribution < 1.29 is 9.53 Å². The highest BCUT2D eigenvalue weighted by atomic mass is 35.5. The molecule has 0 bridgehead atoms. The minimum Gasteiger partial charge on any atom is -0.398 e. The first-order valence-electron chi connectivity index (χ1n) is 5.16. The molecule has 0 saturated carbocycles. The Balaban J connectivity index is 2.41. The first kappa shape index (κ1) is 13.6. The lowest BCUT2D eigenvalue weighted by molar-refractivity contribution is -0.122. The summed E-state index contributed by atoms with van der Waals surface area (Å²) in [5.41, 5.74) is 13.0. The molecule has 17 heavy (non-hydrogen) atoms. The van der Waals surface area contributed by atoms with Gasteiger partial charge >= 0.3 is 0 Å². The quantitative estimate of drug-likeness (QED) is 0.527. The van der Waals surface area contributed by atoms with Crippen LogP contribution in [0.1, 0.15) is 5.56 Å². The third kappa shape index (κ3) is 4.50. The van der Waals surface area contributed by atoms with Crippen molar-refractivity contribution in [1.29, 1.82) is 0 Å². The van der Waals surface area contributed by atoms with E-state index in [0.29, 0.717) is 23.9 Å². The van der Waals surface area contributed by atoms with Gasteiger partial charge in [-0.2, -0.15) is 0 Å². The highest BCUT2D eigenvalue weighted by molar-refractivity contribution is 6.33.